The molecule has 5 rings (SSSR count). The van der Waals surface area contributed by atoms with Gasteiger partial charge in [-0.05, 0) is 82.5 Å². The van der Waals surface area contributed by atoms with Crippen LogP contribution in [0.2, 0.25) is 0 Å². The van der Waals surface area contributed by atoms with E-state index in [1.54, 1.807) is 5.56 Å². The Labute approximate surface area is 335 Å². The zero-order valence-corrected chi connectivity index (χ0v) is 33.4. The average molecular weight is 824 g/mol. The standard InChI is InChI=1S/C42H50N4.CHF3O3S.Cu/c1-4-36-29-37(5-2)42(33-46(31-35-19-11-8-12-20-35)28-24-39-22-14-16-26-44-39)40(6-3)41(36)32-45(30-34-17-9-7-10-18-34)27-23-38-21-13-15-25-43-38;2-1(3,4)8(5,6)7;/h7-22,25-26,29H,4-6,23-24,27-28,30-33H2,1-3H3;(H,5,6,7);/q;;+1/p-1. The van der Waals surface area contributed by atoms with E-state index < -0.39 is 15.6 Å². The van der Waals surface area contributed by atoms with Crippen molar-refractivity contribution in [1.82, 2.24) is 19.8 Å². The average Bonchev–Trinajstić information content (AvgIpc) is 3.17. The van der Waals surface area contributed by atoms with Crippen LogP contribution in [-0.2, 0) is 85.5 Å². The maximum Gasteiger partial charge on any atom is 1.00 e. The van der Waals surface area contributed by atoms with E-state index in [-0.39, 0.29) is 17.1 Å². The van der Waals surface area contributed by atoms with E-state index in [1.165, 1.54) is 33.4 Å². The fourth-order valence-electron chi connectivity index (χ4n) is 6.60. The van der Waals surface area contributed by atoms with Gasteiger partial charge in [0.1, 0.15) is 0 Å². The van der Waals surface area contributed by atoms with Crippen LogP contribution in [0, 0.1) is 0 Å². The summed E-state index contributed by atoms with van der Waals surface area (Å²) in [6.45, 7) is 12.7. The third kappa shape index (κ3) is 14.6. The number of nitrogens with zero attached hydrogens (tertiary/aromatic N) is 4. The summed E-state index contributed by atoms with van der Waals surface area (Å²) in [7, 11) is -6.09. The van der Waals surface area contributed by atoms with E-state index in [9.17, 15) is 13.2 Å². The molecule has 0 unspecified atom stereocenters. The van der Waals surface area contributed by atoms with Gasteiger partial charge in [-0.25, -0.2) is 8.42 Å². The van der Waals surface area contributed by atoms with Crippen molar-refractivity contribution in [2.24, 2.45) is 0 Å². The molecule has 5 aromatic rings. The van der Waals surface area contributed by atoms with Crippen LogP contribution in [0.4, 0.5) is 13.2 Å². The summed E-state index contributed by atoms with van der Waals surface area (Å²) in [5, 5.41) is 0. The van der Waals surface area contributed by atoms with Crippen molar-refractivity contribution >= 4 is 10.1 Å². The quantitative estimate of drug-likeness (QED) is 0.0527. The maximum absolute atomic E-state index is 10.7. The first kappa shape index (κ1) is 45.5. The molecule has 0 fully saturated rings. The van der Waals surface area contributed by atoms with Crippen LogP contribution in [0.5, 0.6) is 0 Å². The number of hydrogen-bond acceptors (Lipinski definition) is 7. The van der Waals surface area contributed by atoms with E-state index >= 15 is 0 Å². The van der Waals surface area contributed by atoms with Gasteiger partial charge in [0.2, 0.25) is 0 Å². The second-order valence-corrected chi connectivity index (χ2v) is 14.5. The molecule has 7 nitrogen and oxygen atoms in total. The molecule has 0 aliphatic rings. The van der Waals surface area contributed by atoms with Gasteiger partial charge in [0, 0.05) is 75.9 Å². The molecule has 0 saturated heterocycles. The van der Waals surface area contributed by atoms with Gasteiger partial charge in [-0.1, -0.05) is 99.6 Å². The topological polar surface area (TPSA) is 89.5 Å². The monoisotopic (exact) mass is 822 g/mol. The molecule has 0 bridgehead atoms. The predicted molar refractivity (Wildman–Crippen MR) is 207 cm³/mol. The Hall–Kier alpha value is -3.90. The Morgan fingerprint density at radius 3 is 1.27 bits per heavy atom. The molecule has 0 aliphatic heterocycles. The largest absolute Gasteiger partial charge is 1.00 e. The van der Waals surface area contributed by atoms with Crippen LogP contribution >= 0.6 is 0 Å². The van der Waals surface area contributed by atoms with E-state index in [0.29, 0.717) is 0 Å². The van der Waals surface area contributed by atoms with Crippen LogP contribution < -0.4 is 0 Å². The molecule has 0 saturated carbocycles. The van der Waals surface area contributed by atoms with Crippen LogP contribution in [0.1, 0.15) is 71.1 Å². The minimum Gasteiger partial charge on any atom is -0.741 e. The van der Waals surface area contributed by atoms with E-state index in [0.717, 1.165) is 82.8 Å². The van der Waals surface area contributed by atoms with Gasteiger partial charge in [0.05, 0.1) is 0 Å². The molecule has 0 spiro atoms. The van der Waals surface area contributed by atoms with Gasteiger partial charge in [-0.2, -0.15) is 13.2 Å². The molecule has 3 aromatic carbocycles. The SMILES string of the molecule is CCc1cc(CC)c(CN(CCc2ccccn2)Cc2ccccc2)c(CC)c1CN(CCc1ccccn1)Cc1ccccc1.O=S(=O)([O-])C(F)(F)F.[Cu+]. The zero-order valence-electron chi connectivity index (χ0n) is 31.6. The Balaban J connectivity index is 0.000000813. The molecule has 55 heavy (non-hydrogen) atoms. The number of rotatable bonds is 17. The Morgan fingerprint density at radius 1 is 0.582 bits per heavy atom. The van der Waals surface area contributed by atoms with Crippen molar-refractivity contribution in [3.05, 3.63) is 166 Å². The first-order chi connectivity index (χ1) is 25.9. The molecule has 0 aliphatic carbocycles. The second-order valence-electron chi connectivity index (χ2n) is 13.1. The molecule has 0 radical (unpaired) electrons. The van der Waals surface area contributed by atoms with Crippen LogP contribution in [0.15, 0.2) is 116 Å². The van der Waals surface area contributed by atoms with Crippen molar-refractivity contribution in [2.45, 2.75) is 84.6 Å². The molecular weight excluding hydrogens is 773 g/mol. The smallest absolute Gasteiger partial charge is 0.741 e. The molecular formula is C43H50CuF3N4O3S. The molecule has 298 valence electrons. The fourth-order valence-corrected chi connectivity index (χ4v) is 6.60. The molecule has 2 heterocycles. The van der Waals surface area contributed by atoms with Crippen LogP contribution in [0.3, 0.4) is 0 Å². The molecule has 12 heteroatoms. The normalized spacial score (nSPS) is 11.6. The number of alkyl halides is 3. The number of aryl methyl sites for hydroxylation is 2. The maximum atomic E-state index is 10.7. The van der Waals surface area contributed by atoms with Crippen molar-refractivity contribution in [3.63, 3.8) is 0 Å². The third-order valence-electron chi connectivity index (χ3n) is 9.33. The first-order valence-electron chi connectivity index (χ1n) is 18.4. The summed E-state index contributed by atoms with van der Waals surface area (Å²) in [4.78, 5) is 14.5. The van der Waals surface area contributed by atoms with Crippen LogP contribution in [-0.4, -0.2) is 51.3 Å². The van der Waals surface area contributed by atoms with Crippen molar-refractivity contribution in [2.75, 3.05) is 13.1 Å². The summed E-state index contributed by atoms with van der Waals surface area (Å²) in [5.74, 6) is 0. The molecule has 2 aromatic heterocycles. The van der Waals surface area contributed by atoms with E-state index in [1.807, 2.05) is 24.5 Å². The Kier molecular flexibility index (Phi) is 18.7. The van der Waals surface area contributed by atoms with Gasteiger partial charge >= 0.3 is 22.6 Å². The van der Waals surface area contributed by atoms with Crippen molar-refractivity contribution in [1.29, 1.82) is 0 Å². The summed E-state index contributed by atoms with van der Waals surface area (Å²) in [5.41, 5.74) is 6.96. The summed E-state index contributed by atoms with van der Waals surface area (Å²) >= 11 is 0. The summed E-state index contributed by atoms with van der Waals surface area (Å²) in [6.07, 6.45) is 8.82. The minimum atomic E-state index is -6.09. The van der Waals surface area contributed by atoms with Crippen LogP contribution in [0.25, 0.3) is 0 Å². The van der Waals surface area contributed by atoms with Gasteiger partial charge in [0.25, 0.3) is 0 Å². The van der Waals surface area contributed by atoms with E-state index in [4.69, 9.17) is 13.0 Å². The molecule has 0 amide bonds. The number of pyridine rings is 2. The number of benzene rings is 3. The number of aromatic nitrogens is 2. The van der Waals surface area contributed by atoms with Gasteiger partial charge in [0.15, 0.2) is 10.1 Å². The fraction of sp³-hybridized carbons (Fsp3) is 0.349. The van der Waals surface area contributed by atoms with Gasteiger partial charge in [-0.3, -0.25) is 19.8 Å². The Morgan fingerprint density at radius 2 is 0.964 bits per heavy atom. The summed E-state index contributed by atoms with van der Waals surface area (Å²) < 4.78 is 58.9. The zero-order chi connectivity index (χ0) is 39.0. The minimum absolute atomic E-state index is 0. The van der Waals surface area contributed by atoms with E-state index in [2.05, 4.69) is 132 Å². The second kappa shape index (κ2) is 22.6. The Bertz CT molecular complexity index is 1840. The first-order valence-corrected chi connectivity index (χ1v) is 19.8. The molecule has 0 N–H and O–H groups in total. The van der Waals surface area contributed by atoms with Crippen molar-refractivity contribution in [3.8, 4) is 0 Å². The third-order valence-corrected chi connectivity index (χ3v) is 9.90. The summed E-state index contributed by atoms with van der Waals surface area (Å²) in [6, 6.07) is 36.9. The molecule has 0 atom stereocenters. The number of halogens is 3. The van der Waals surface area contributed by atoms with Gasteiger partial charge < -0.3 is 4.55 Å². The predicted octanol–water partition coefficient (Wildman–Crippen LogP) is 8.70. The van der Waals surface area contributed by atoms with Crippen molar-refractivity contribution < 1.29 is 43.2 Å². The van der Waals surface area contributed by atoms with Gasteiger partial charge in [-0.15, -0.1) is 0 Å². The number of hydrogen-bond donors (Lipinski definition) is 0.